The van der Waals surface area contributed by atoms with E-state index >= 15 is 0 Å². The van der Waals surface area contributed by atoms with Crippen LogP contribution in [-0.2, 0) is 4.79 Å². The predicted octanol–water partition coefficient (Wildman–Crippen LogP) is 0.0926. The zero-order chi connectivity index (χ0) is 5.54. The Morgan fingerprint density at radius 2 is 2.71 bits per heavy atom. The summed E-state index contributed by atoms with van der Waals surface area (Å²) in [5.41, 5.74) is 0. The molecule has 4 heteroatoms. The first-order valence-corrected chi connectivity index (χ1v) is 3.01. The number of isocyanates is 1. The van der Waals surface area contributed by atoms with Crippen molar-refractivity contribution in [3.8, 4) is 0 Å². The van der Waals surface area contributed by atoms with Crippen molar-refractivity contribution in [3.63, 3.8) is 0 Å². The molecule has 0 radical (unpaired) electrons. The monoisotopic (exact) mass is 118 g/mol. The molecule has 0 saturated heterocycles. The zero-order valence-electron chi connectivity index (χ0n) is 4.06. The van der Waals surface area contributed by atoms with Gasteiger partial charge in [0, 0.05) is 15.0 Å². The summed E-state index contributed by atoms with van der Waals surface area (Å²) >= 11 is 0. The quantitative estimate of drug-likeness (QED) is 0.247. The van der Waals surface area contributed by atoms with Crippen LogP contribution in [-0.4, -0.2) is 19.4 Å². The Labute approximate surface area is 44.0 Å². The SMILES string of the molecule is CNCPN=C=O. The fourth-order valence-electron chi connectivity index (χ4n) is 0.151. The molecule has 0 fully saturated rings. The fourth-order valence-corrected chi connectivity index (χ4v) is 0.453. The number of hydrogen-bond acceptors (Lipinski definition) is 3. The van der Waals surface area contributed by atoms with Crippen molar-refractivity contribution < 1.29 is 4.79 Å². The lowest BCUT2D eigenvalue weighted by atomic mass is 11.3. The first-order chi connectivity index (χ1) is 3.41. The van der Waals surface area contributed by atoms with E-state index in [1.807, 2.05) is 7.05 Å². The molecule has 0 aromatic carbocycles. The lowest BCUT2D eigenvalue weighted by Gasteiger charge is -1.85. The van der Waals surface area contributed by atoms with Gasteiger partial charge in [-0.2, -0.15) is 4.76 Å². The third-order valence-corrected chi connectivity index (χ3v) is 1.14. The van der Waals surface area contributed by atoms with Gasteiger partial charge < -0.3 is 5.32 Å². The van der Waals surface area contributed by atoms with Gasteiger partial charge in [-0.25, -0.2) is 4.79 Å². The summed E-state index contributed by atoms with van der Waals surface area (Å²) in [5.74, 6) is 0. The van der Waals surface area contributed by atoms with Crippen LogP contribution in [0.4, 0.5) is 0 Å². The van der Waals surface area contributed by atoms with E-state index in [-0.39, 0.29) is 0 Å². The van der Waals surface area contributed by atoms with Gasteiger partial charge in [0.05, 0.1) is 0 Å². The summed E-state index contributed by atoms with van der Waals surface area (Å²) in [6.07, 6.45) is 2.22. The second-order valence-corrected chi connectivity index (χ2v) is 1.78. The molecule has 0 aliphatic carbocycles. The van der Waals surface area contributed by atoms with Crippen LogP contribution in [0, 0.1) is 0 Å². The summed E-state index contributed by atoms with van der Waals surface area (Å²) in [6.45, 7) is 0. The molecule has 7 heavy (non-hydrogen) atoms. The van der Waals surface area contributed by atoms with Crippen LogP contribution in [0.1, 0.15) is 0 Å². The first kappa shape index (κ1) is 6.77. The molecule has 1 N–H and O–H groups in total. The van der Waals surface area contributed by atoms with Gasteiger partial charge in [-0.1, -0.05) is 0 Å². The molecule has 0 aliphatic rings. The summed E-state index contributed by atoms with van der Waals surface area (Å²) in [5, 5.41) is 2.84. The van der Waals surface area contributed by atoms with E-state index in [4.69, 9.17) is 0 Å². The molecule has 1 unspecified atom stereocenters. The highest BCUT2D eigenvalue weighted by Gasteiger charge is 1.72. The number of hydrogen-bond donors (Lipinski definition) is 1. The number of nitrogens with zero attached hydrogens (tertiary/aromatic N) is 1. The maximum atomic E-state index is 9.37. The van der Waals surface area contributed by atoms with Crippen molar-refractivity contribution in [2.24, 2.45) is 4.76 Å². The fraction of sp³-hybridized carbons (Fsp3) is 0.667. The van der Waals surface area contributed by atoms with Gasteiger partial charge in [-0.05, 0) is 7.05 Å². The summed E-state index contributed by atoms with van der Waals surface area (Å²) < 4.78 is 3.32. The van der Waals surface area contributed by atoms with Gasteiger partial charge in [-0.3, -0.25) is 0 Å². The maximum Gasteiger partial charge on any atom is 0.238 e. The second kappa shape index (κ2) is 5.77. The minimum atomic E-state index is 0.323. The van der Waals surface area contributed by atoms with E-state index in [9.17, 15) is 4.79 Å². The predicted molar refractivity (Wildman–Crippen MR) is 30.4 cm³/mol. The van der Waals surface area contributed by atoms with Crippen molar-refractivity contribution >= 4 is 14.8 Å². The lowest BCUT2D eigenvalue weighted by molar-refractivity contribution is 0.566. The molecule has 0 bridgehead atoms. The Kier molecular flexibility index (Phi) is 5.58. The molecule has 0 rings (SSSR count). The van der Waals surface area contributed by atoms with Gasteiger partial charge >= 0.3 is 0 Å². The van der Waals surface area contributed by atoms with E-state index in [1.165, 1.54) is 6.08 Å². The van der Waals surface area contributed by atoms with Crippen LogP contribution in [0.2, 0.25) is 0 Å². The van der Waals surface area contributed by atoms with Crippen LogP contribution in [0.25, 0.3) is 0 Å². The molecule has 40 valence electrons. The Balaban J connectivity index is 2.83. The molecule has 3 nitrogen and oxygen atoms in total. The van der Waals surface area contributed by atoms with E-state index in [2.05, 4.69) is 10.1 Å². The van der Waals surface area contributed by atoms with Crippen molar-refractivity contribution in [1.82, 2.24) is 5.32 Å². The molecule has 0 aromatic heterocycles. The Morgan fingerprint density at radius 3 is 3.14 bits per heavy atom. The van der Waals surface area contributed by atoms with Crippen molar-refractivity contribution in [2.45, 2.75) is 0 Å². The number of rotatable bonds is 3. The molecule has 0 aromatic rings. The van der Waals surface area contributed by atoms with E-state index in [0.717, 1.165) is 6.29 Å². The van der Waals surface area contributed by atoms with Crippen molar-refractivity contribution in [1.29, 1.82) is 0 Å². The van der Waals surface area contributed by atoms with Gasteiger partial charge in [0.1, 0.15) is 0 Å². The van der Waals surface area contributed by atoms with Gasteiger partial charge in [0.15, 0.2) is 0 Å². The van der Waals surface area contributed by atoms with Crippen LogP contribution >= 0.6 is 8.73 Å². The maximum absolute atomic E-state index is 9.37. The number of carbonyl (C=O) groups excluding carboxylic acids is 1. The topological polar surface area (TPSA) is 41.5 Å². The Bertz CT molecular complexity index is 79.0. The van der Waals surface area contributed by atoms with Crippen LogP contribution in [0.5, 0.6) is 0 Å². The summed E-state index contributed by atoms with van der Waals surface area (Å²) in [4.78, 5) is 9.37. The van der Waals surface area contributed by atoms with Crippen LogP contribution in [0.15, 0.2) is 4.76 Å². The zero-order valence-corrected chi connectivity index (χ0v) is 5.06. The average Bonchev–Trinajstić information content (AvgIpc) is 1.69. The average molecular weight is 118 g/mol. The molecule has 0 spiro atoms. The highest BCUT2D eigenvalue weighted by Crippen LogP contribution is 2.04. The highest BCUT2D eigenvalue weighted by molar-refractivity contribution is 7.36. The van der Waals surface area contributed by atoms with Gasteiger partial charge in [0.25, 0.3) is 0 Å². The molecule has 0 heterocycles. The summed E-state index contributed by atoms with van der Waals surface area (Å²) in [7, 11) is 2.14. The Hall–Kier alpha value is -0.230. The van der Waals surface area contributed by atoms with Gasteiger partial charge in [0.2, 0.25) is 6.08 Å². The van der Waals surface area contributed by atoms with E-state index in [0.29, 0.717) is 8.73 Å². The highest BCUT2D eigenvalue weighted by atomic mass is 31.1. The van der Waals surface area contributed by atoms with E-state index < -0.39 is 0 Å². The lowest BCUT2D eigenvalue weighted by Crippen LogP contribution is -2.00. The minimum Gasteiger partial charge on any atom is -0.314 e. The third kappa shape index (κ3) is 5.77. The normalized spacial score (nSPS) is 9.29. The number of nitrogens with one attached hydrogen (secondary N) is 1. The molecule has 0 saturated carbocycles. The second-order valence-electron chi connectivity index (χ2n) is 0.892. The van der Waals surface area contributed by atoms with Crippen molar-refractivity contribution in [3.05, 3.63) is 0 Å². The molecule has 0 aliphatic heterocycles. The van der Waals surface area contributed by atoms with Crippen molar-refractivity contribution in [2.75, 3.05) is 13.3 Å². The molecular weight excluding hydrogens is 111 g/mol. The van der Waals surface area contributed by atoms with Crippen LogP contribution < -0.4 is 5.32 Å². The smallest absolute Gasteiger partial charge is 0.238 e. The third-order valence-electron chi connectivity index (χ3n) is 0.381. The van der Waals surface area contributed by atoms with Gasteiger partial charge in [-0.15, -0.1) is 0 Å². The summed E-state index contributed by atoms with van der Waals surface area (Å²) in [6, 6.07) is 0. The van der Waals surface area contributed by atoms with Crippen LogP contribution in [0.3, 0.4) is 0 Å². The largest absolute Gasteiger partial charge is 0.314 e. The molecule has 0 amide bonds. The minimum absolute atomic E-state index is 0.323. The Morgan fingerprint density at radius 1 is 2.00 bits per heavy atom. The molecular formula is C3H7N2OP. The van der Waals surface area contributed by atoms with E-state index in [1.54, 1.807) is 0 Å². The standard InChI is InChI=1S/C3H7N2OP/c1-4-3-7-5-2-6/h4,7H,3H2,1H3. The first-order valence-electron chi connectivity index (χ1n) is 1.86. The molecule has 1 atom stereocenters.